The minimum absolute atomic E-state index is 0. The summed E-state index contributed by atoms with van der Waals surface area (Å²) in [5.41, 5.74) is 0. The average Bonchev–Trinajstić information content (AvgIpc) is 2.17. The third-order valence-electron chi connectivity index (χ3n) is 0.589. The van der Waals surface area contributed by atoms with Crippen molar-refractivity contribution in [3.63, 3.8) is 0 Å². The van der Waals surface area contributed by atoms with Gasteiger partial charge in [0.25, 0.3) is 0 Å². The molecule has 4 nitrogen and oxygen atoms in total. The first kappa shape index (κ1) is 13.1. The maximum Gasteiger partial charge on any atom is 0.0803 e. The van der Waals surface area contributed by atoms with E-state index >= 15 is 0 Å². The minimum Gasteiger partial charge on any atom is -0.589 e. The van der Waals surface area contributed by atoms with Crippen molar-refractivity contribution in [2.75, 3.05) is 0 Å². The summed E-state index contributed by atoms with van der Waals surface area (Å²) in [6, 6.07) is 0. The molecule has 0 N–H and O–H groups in total. The van der Waals surface area contributed by atoms with Crippen molar-refractivity contribution >= 4 is 29.2 Å². The Kier molecular flexibility index (Phi) is 9.07. The molecule has 61 valence electrons. The SMILES string of the molecule is O=C1C=CC(=O)[N-]1.O=[C-]Cl.[Re]. The van der Waals surface area contributed by atoms with Crippen molar-refractivity contribution in [2.24, 2.45) is 0 Å². The third kappa shape index (κ3) is 7.40. The molecule has 1 aliphatic heterocycles. The van der Waals surface area contributed by atoms with Crippen LogP contribution in [0, 0.1) is 0 Å². The van der Waals surface area contributed by atoms with Crippen LogP contribution in [0.1, 0.15) is 0 Å². The summed E-state index contributed by atoms with van der Waals surface area (Å²) in [5.74, 6) is 0.0648. The Hall–Kier alpha value is -0.498. The van der Waals surface area contributed by atoms with E-state index in [1.807, 2.05) is 0 Å². The van der Waals surface area contributed by atoms with E-state index in [2.05, 4.69) is 16.9 Å². The van der Waals surface area contributed by atoms with Crippen LogP contribution in [-0.2, 0) is 34.8 Å². The Balaban J connectivity index is 0. The molecular weight excluding hydrogens is 344 g/mol. The first-order chi connectivity index (χ1) is 4.70. The van der Waals surface area contributed by atoms with Gasteiger partial charge in [0.1, 0.15) is 0 Å². The summed E-state index contributed by atoms with van der Waals surface area (Å²) in [4.78, 5) is 28.4. The van der Waals surface area contributed by atoms with Gasteiger partial charge in [-0.3, -0.25) is 0 Å². The number of carbonyl (C=O) groups is 2. The Morgan fingerprint density at radius 1 is 1.27 bits per heavy atom. The van der Waals surface area contributed by atoms with Crippen LogP contribution < -0.4 is 0 Å². The van der Waals surface area contributed by atoms with Gasteiger partial charge in [0.2, 0.25) is 0 Å². The summed E-state index contributed by atoms with van der Waals surface area (Å²) in [6.07, 6.45) is 2.28. The summed E-state index contributed by atoms with van der Waals surface area (Å²) in [6.45, 7) is 0. The van der Waals surface area contributed by atoms with Gasteiger partial charge in [-0.2, -0.15) is 5.75 Å². The van der Waals surface area contributed by atoms with Crippen molar-refractivity contribution in [1.82, 2.24) is 0 Å². The van der Waals surface area contributed by atoms with Crippen LogP contribution in [0.5, 0.6) is 0 Å². The first-order valence-corrected chi connectivity index (χ1v) is 2.54. The van der Waals surface area contributed by atoms with E-state index in [1.54, 1.807) is 0 Å². The van der Waals surface area contributed by atoms with Gasteiger partial charge in [0.05, 0.1) is 11.8 Å². The summed E-state index contributed by atoms with van der Waals surface area (Å²) in [5, 5.41) is 3.00. The van der Waals surface area contributed by atoms with Gasteiger partial charge < -0.3 is 31.3 Å². The summed E-state index contributed by atoms with van der Waals surface area (Å²) < 4.78 is 0. The smallest absolute Gasteiger partial charge is 0.0803 e. The van der Waals surface area contributed by atoms with Gasteiger partial charge >= 0.3 is 0 Å². The predicted octanol–water partition coefficient (Wildman–Crippen LogP) is 0.273. The standard InChI is InChI=1S/C4H3NO2.CClO.Re/c6-3-1-2-4(7)5-3;2-1-3;/h1-2H,(H,5,6,7);;/q;-1;/p-1. The van der Waals surface area contributed by atoms with Crippen LogP contribution >= 0.6 is 11.6 Å². The number of hydrogen-bond acceptors (Lipinski definition) is 3. The topological polar surface area (TPSA) is 65.3 Å². The Bertz CT molecular complexity index is 176. The first-order valence-electron chi connectivity index (χ1n) is 2.16. The molecule has 11 heavy (non-hydrogen) atoms. The zero-order chi connectivity index (χ0) is 7.98. The van der Waals surface area contributed by atoms with E-state index < -0.39 is 11.8 Å². The maximum absolute atomic E-state index is 9.98. The molecule has 0 unspecified atom stereocenters. The number of nitrogens with zero attached hydrogens (tertiary/aromatic N) is 1. The van der Waals surface area contributed by atoms with E-state index in [-0.39, 0.29) is 20.4 Å². The molecule has 0 aromatic rings. The van der Waals surface area contributed by atoms with E-state index in [0.29, 0.717) is 0 Å². The number of halogens is 1. The van der Waals surface area contributed by atoms with Crippen molar-refractivity contribution in [1.29, 1.82) is 0 Å². The van der Waals surface area contributed by atoms with E-state index in [0.717, 1.165) is 17.9 Å². The molecule has 2 amide bonds. The normalized spacial score (nSPS) is 12.5. The largest absolute Gasteiger partial charge is 0.589 e. The second kappa shape index (κ2) is 7.61. The number of imide groups is 1. The number of amides is 2. The molecule has 1 heterocycles. The fraction of sp³-hybridized carbons (Fsp3) is 0. The van der Waals surface area contributed by atoms with Crippen molar-refractivity contribution in [3.8, 4) is 0 Å². The van der Waals surface area contributed by atoms with Crippen molar-refractivity contribution in [3.05, 3.63) is 17.5 Å². The summed E-state index contributed by atoms with van der Waals surface area (Å²) in [7, 11) is 0. The molecule has 6 heteroatoms. The number of carbonyl (C=O) groups excluding carboxylic acids is 3. The number of hydrogen-bond donors (Lipinski definition) is 0. The molecular formula is C5H2ClNO3Re-2. The van der Waals surface area contributed by atoms with Crippen LogP contribution in [0.25, 0.3) is 5.32 Å². The molecule has 0 atom stereocenters. The second-order valence-corrected chi connectivity index (χ2v) is 1.35. The van der Waals surface area contributed by atoms with Crippen LogP contribution in [0.2, 0.25) is 0 Å². The zero-order valence-electron chi connectivity index (χ0n) is 5.08. The van der Waals surface area contributed by atoms with Gasteiger partial charge in [0, 0.05) is 20.4 Å². The average molecular weight is 346 g/mol. The van der Waals surface area contributed by atoms with Gasteiger partial charge in [-0.25, -0.2) is 0 Å². The zero-order valence-corrected chi connectivity index (χ0v) is 8.55. The molecule has 0 spiro atoms. The molecule has 0 aromatic carbocycles. The predicted molar refractivity (Wildman–Crippen MR) is 34.1 cm³/mol. The van der Waals surface area contributed by atoms with Gasteiger partial charge in [-0.15, -0.1) is 0 Å². The molecule has 0 saturated heterocycles. The fourth-order valence-corrected chi connectivity index (χ4v) is 0.326. The molecule has 0 fully saturated rings. The van der Waals surface area contributed by atoms with Crippen LogP contribution in [0.4, 0.5) is 0 Å². The molecule has 1 rings (SSSR count). The second-order valence-electron chi connectivity index (χ2n) is 1.20. The van der Waals surface area contributed by atoms with Crippen LogP contribution in [0.3, 0.4) is 0 Å². The van der Waals surface area contributed by atoms with Gasteiger partial charge in [-0.05, 0) is 12.2 Å². The molecule has 0 saturated carbocycles. The van der Waals surface area contributed by atoms with Crippen molar-refractivity contribution < 1.29 is 34.8 Å². The molecule has 1 radical (unpaired) electrons. The quantitative estimate of drug-likeness (QED) is 0.360. The Labute approximate surface area is 81.6 Å². The van der Waals surface area contributed by atoms with Gasteiger partial charge in [-0.1, -0.05) is 0 Å². The van der Waals surface area contributed by atoms with E-state index in [9.17, 15) is 9.59 Å². The van der Waals surface area contributed by atoms with E-state index in [4.69, 9.17) is 4.79 Å². The monoisotopic (exact) mass is 346 g/mol. The van der Waals surface area contributed by atoms with Crippen LogP contribution in [-0.4, -0.2) is 17.6 Å². The Morgan fingerprint density at radius 3 is 1.64 bits per heavy atom. The maximum atomic E-state index is 9.98. The number of rotatable bonds is 0. The van der Waals surface area contributed by atoms with Gasteiger partial charge in [0.15, 0.2) is 0 Å². The van der Waals surface area contributed by atoms with E-state index in [1.165, 1.54) is 0 Å². The molecule has 0 bridgehead atoms. The molecule has 1 aliphatic rings. The molecule has 0 aromatic heterocycles. The van der Waals surface area contributed by atoms with Crippen molar-refractivity contribution in [2.45, 2.75) is 0 Å². The third-order valence-corrected chi connectivity index (χ3v) is 0.589. The van der Waals surface area contributed by atoms with Crippen LogP contribution in [0.15, 0.2) is 12.2 Å². The fourth-order valence-electron chi connectivity index (χ4n) is 0.326. The Morgan fingerprint density at radius 2 is 1.55 bits per heavy atom. The molecule has 0 aliphatic carbocycles. The minimum atomic E-state index is -0.454. The summed E-state index contributed by atoms with van der Waals surface area (Å²) >= 11 is 4.19.